The lowest BCUT2D eigenvalue weighted by Crippen LogP contribution is -2.13. The Morgan fingerprint density at radius 1 is 1.38 bits per heavy atom. The van der Waals surface area contributed by atoms with Gasteiger partial charge in [-0.2, -0.15) is 0 Å². The minimum Gasteiger partial charge on any atom is -0.497 e. The monoisotopic (exact) mass is 195 g/mol. The van der Waals surface area contributed by atoms with E-state index in [1.165, 1.54) is 5.56 Å². The lowest BCUT2D eigenvalue weighted by molar-refractivity contribution is 0.414. The van der Waals surface area contributed by atoms with Crippen LogP contribution >= 0.6 is 12.2 Å². The molecule has 0 heterocycles. The summed E-state index contributed by atoms with van der Waals surface area (Å²) in [5.41, 5.74) is 6.59. The Morgan fingerprint density at radius 2 is 2.00 bits per heavy atom. The van der Waals surface area contributed by atoms with E-state index in [1.54, 1.807) is 7.11 Å². The third kappa shape index (κ3) is 3.13. The van der Waals surface area contributed by atoms with Crippen LogP contribution in [0.2, 0.25) is 0 Å². The van der Waals surface area contributed by atoms with Crippen molar-refractivity contribution >= 4 is 17.1 Å². The summed E-state index contributed by atoms with van der Waals surface area (Å²) in [6.45, 7) is 0.474. The van der Waals surface area contributed by atoms with Gasteiger partial charge in [0.2, 0.25) is 0 Å². The number of hydrogen-bond donors (Lipinski definition) is 1. The molecule has 0 aliphatic rings. The van der Waals surface area contributed by atoms with E-state index in [0.717, 1.165) is 17.0 Å². The molecule has 13 heavy (non-hydrogen) atoms. The second-order valence-electron chi connectivity index (χ2n) is 2.77. The molecule has 0 amide bonds. The molecule has 0 aromatic heterocycles. The Hall–Kier alpha value is -0.930. The molecule has 1 rings (SSSR count). The zero-order chi connectivity index (χ0) is 9.68. The summed E-state index contributed by atoms with van der Waals surface area (Å²) in [4.78, 5) is 0.880. The minimum atomic E-state index is 0.474. The van der Waals surface area contributed by atoms with Gasteiger partial charge in [-0.3, -0.25) is 0 Å². The normalized spacial score (nSPS) is 9.69. The van der Waals surface area contributed by atoms with Crippen LogP contribution in [0.3, 0.4) is 0 Å². The molecule has 0 saturated carbocycles. The Morgan fingerprint density at radius 3 is 2.46 bits per heavy atom. The van der Waals surface area contributed by atoms with Crippen molar-refractivity contribution in [1.29, 1.82) is 0 Å². The molecule has 1 aromatic carbocycles. The summed E-state index contributed by atoms with van der Waals surface area (Å²) in [7, 11) is 1.65. The average Bonchev–Trinajstić information content (AvgIpc) is 2.19. The molecule has 0 fully saturated rings. The SMILES string of the molecule is COc1ccc(CC(=S)CN)cc1. The van der Waals surface area contributed by atoms with E-state index < -0.39 is 0 Å². The van der Waals surface area contributed by atoms with Crippen molar-refractivity contribution in [2.24, 2.45) is 5.73 Å². The summed E-state index contributed by atoms with van der Waals surface area (Å²) in [6, 6.07) is 7.85. The van der Waals surface area contributed by atoms with Gasteiger partial charge in [-0.25, -0.2) is 0 Å². The van der Waals surface area contributed by atoms with Crippen molar-refractivity contribution in [1.82, 2.24) is 0 Å². The highest BCUT2D eigenvalue weighted by atomic mass is 32.1. The second-order valence-corrected chi connectivity index (χ2v) is 3.35. The molecule has 0 atom stereocenters. The predicted molar refractivity (Wildman–Crippen MR) is 58.4 cm³/mol. The molecule has 3 heteroatoms. The van der Waals surface area contributed by atoms with Crippen molar-refractivity contribution < 1.29 is 4.74 Å². The predicted octanol–water partition coefficient (Wildman–Crippen LogP) is 1.57. The zero-order valence-corrected chi connectivity index (χ0v) is 8.43. The third-order valence-corrected chi connectivity index (χ3v) is 2.10. The average molecular weight is 195 g/mol. The number of ether oxygens (including phenoxy) is 1. The fourth-order valence-electron chi connectivity index (χ4n) is 1.04. The van der Waals surface area contributed by atoms with Gasteiger partial charge >= 0.3 is 0 Å². The maximum Gasteiger partial charge on any atom is 0.118 e. The third-order valence-electron chi connectivity index (χ3n) is 1.79. The van der Waals surface area contributed by atoms with Crippen molar-refractivity contribution in [2.45, 2.75) is 6.42 Å². The maximum atomic E-state index is 5.41. The lowest BCUT2D eigenvalue weighted by atomic mass is 10.1. The molecular weight excluding hydrogens is 182 g/mol. The van der Waals surface area contributed by atoms with Crippen molar-refractivity contribution in [2.75, 3.05) is 13.7 Å². The molecule has 0 aliphatic carbocycles. The first-order valence-corrected chi connectivity index (χ1v) is 4.52. The van der Waals surface area contributed by atoms with E-state index in [9.17, 15) is 0 Å². The van der Waals surface area contributed by atoms with Crippen LogP contribution in [0.15, 0.2) is 24.3 Å². The van der Waals surface area contributed by atoms with Crippen molar-refractivity contribution in [3.8, 4) is 5.75 Å². The summed E-state index contributed by atoms with van der Waals surface area (Å²) in [5.74, 6) is 0.863. The topological polar surface area (TPSA) is 35.2 Å². The summed E-state index contributed by atoms with van der Waals surface area (Å²) < 4.78 is 5.04. The maximum absolute atomic E-state index is 5.41. The van der Waals surface area contributed by atoms with Crippen LogP contribution in [-0.4, -0.2) is 18.5 Å². The van der Waals surface area contributed by atoms with Gasteiger partial charge in [0.05, 0.1) is 7.11 Å². The smallest absolute Gasteiger partial charge is 0.118 e. The molecule has 0 bridgehead atoms. The zero-order valence-electron chi connectivity index (χ0n) is 7.62. The molecule has 2 nitrogen and oxygen atoms in total. The summed E-state index contributed by atoms with van der Waals surface area (Å²) in [6.07, 6.45) is 0.774. The van der Waals surface area contributed by atoms with E-state index >= 15 is 0 Å². The quantitative estimate of drug-likeness (QED) is 0.741. The molecule has 0 spiro atoms. The van der Waals surface area contributed by atoms with Crippen LogP contribution in [0.25, 0.3) is 0 Å². The highest BCUT2D eigenvalue weighted by Crippen LogP contribution is 2.11. The number of hydrogen-bond acceptors (Lipinski definition) is 3. The first kappa shape index (κ1) is 10.2. The summed E-state index contributed by atoms with van der Waals surface area (Å²) >= 11 is 5.04. The molecule has 0 saturated heterocycles. The van der Waals surface area contributed by atoms with Gasteiger partial charge in [0.15, 0.2) is 0 Å². The number of nitrogens with two attached hydrogens (primary N) is 1. The molecule has 1 aromatic rings. The number of benzene rings is 1. The van der Waals surface area contributed by atoms with Gasteiger partial charge in [-0.15, -0.1) is 0 Å². The van der Waals surface area contributed by atoms with E-state index in [1.807, 2.05) is 24.3 Å². The molecule has 0 radical (unpaired) electrons. The first-order valence-electron chi connectivity index (χ1n) is 4.11. The van der Waals surface area contributed by atoms with Crippen LogP contribution in [0, 0.1) is 0 Å². The number of thiocarbonyl (C=S) groups is 1. The Labute approximate surface area is 83.7 Å². The van der Waals surface area contributed by atoms with Gasteiger partial charge in [0.25, 0.3) is 0 Å². The Balaban J connectivity index is 2.64. The van der Waals surface area contributed by atoms with E-state index in [4.69, 9.17) is 22.7 Å². The van der Waals surface area contributed by atoms with E-state index in [-0.39, 0.29) is 0 Å². The standard InChI is InChI=1S/C10H13NOS/c1-12-9-4-2-8(3-5-9)6-10(13)7-11/h2-5H,6-7,11H2,1H3. The fourth-order valence-corrected chi connectivity index (χ4v) is 1.21. The van der Waals surface area contributed by atoms with Gasteiger partial charge in [0.1, 0.15) is 5.75 Å². The number of rotatable bonds is 4. The van der Waals surface area contributed by atoms with Crippen LogP contribution in [0.5, 0.6) is 5.75 Å². The van der Waals surface area contributed by atoms with Gasteiger partial charge in [0, 0.05) is 17.8 Å². The van der Waals surface area contributed by atoms with Crippen molar-refractivity contribution in [3.63, 3.8) is 0 Å². The van der Waals surface area contributed by atoms with Gasteiger partial charge < -0.3 is 10.5 Å². The van der Waals surface area contributed by atoms with Crippen LogP contribution in [0.1, 0.15) is 5.56 Å². The molecule has 70 valence electrons. The Kier molecular flexibility index (Phi) is 3.86. The fraction of sp³-hybridized carbons (Fsp3) is 0.300. The lowest BCUT2D eigenvalue weighted by Gasteiger charge is -2.03. The molecular formula is C10H13NOS. The highest BCUT2D eigenvalue weighted by molar-refractivity contribution is 7.80. The minimum absolute atomic E-state index is 0.474. The van der Waals surface area contributed by atoms with E-state index in [0.29, 0.717) is 6.54 Å². The van der Waals surface area contributed by atoms with Gasteiger partial charge in [-0.05, 0) is 17.7 Å². The van der Waals surface area contributed by atoms with Crippen LogP contribution < -0.4 is 10.5 Å². The van der Waals surface area contributed by atoms with E-state index in [2.05, 4.69) is 0 Å². The largest absolute Gasteiger partial charge is 0.497 e. The Bertz CT molecular complexity index is 281. The molecule has 2 N–H and O–H groups in total. The number of methoxy groups -OCH3 is 1. The first-order chi connectivity index (χ1) is 6.26. The highest BCUT2D eigenvalue weighted by Gasteiger charge is 1.97. The second kappa shape index (κ2) is 4.94. The van der Waals surface area contributed by atoms with Crippen molar-refractivity contribution in [3.05, 3.63) is 29.8 Å². The molecule has 0 unspecified atom stereocenters. The van der Waals surface area contributed by atoms with Crippen LogP contribution in [0.4, 0.5) is 0 Å². The van der Waals surface area contributed by atoms with Crippen LogP contribution in [-0.2, 0) is 6.42 Å². The summed E-state index contributed by atoms with van der Waals surface area (Å²) in [5, 5.41) is 0. The van der Waals surface area contributed by atoms with Gasteiger partial charge in [-0.1, -0.05) is 24.4 Å². The molecule has 0 aliphatic heterocycles.